The van der Waals surface area contributed by atoms with Gasteiger partial charge in [0.15, 0.2) is 0 Å². The van der Waals surface area contributed by atoms with Crippen molar-refractivity contribution in [3.05, 3.63) is 29.8 Å². The van der Waals surface area contributed by atoms with E-state index in [1.165, 1.54) is 0 Å². The van der Waals surface area contributed by atoms with E-state index in [9.17, 15) is 4.79 Å². The van der Waals surface area contributed by atoms with Crippen LogP contribution in [0.1, 0.15) is 25.3 Å². The maximum Gasteiger partial charge on any atom is 0.231 e. The second-order valence-electron chi connectivity index (χ2n) is 4.95. The molecule has 0 bridgehead atoms. The highest BCUT2D eigenvalue weighted by Gasteiger charge is 2.34. The van der Waals surface area contributed by atoms with Crippen LogP contribution in [0.15, 0.2) is 24.3 Å². The summed E-state index contributed by atoms with van der Waals surface area (Å²) in [6.45, 7) is 3.62. The molecule has 0 aromatic heterocycles. The number of benzene rings is 1. The van der Waals surface area contributed by atoms with E-state index < -0.39 is 0 Å². The predicted molar refractivity (Wildman–Crippen MR) is 70.0 cm³/mol. The lowest BCUT2D eigenvalue weighted by Crippen LogP contribution is -2.46. The number of para-hydroxylation sites is 1. The molecule has 0 saturated carbocycles. The molecule has 18 heavy (non-hydrogen) atoms. The fraction of sp³-hybridized carbons (Fsp3) is 0.429. The van der Waals surface area contributed by atoms with Crippen molar-refractivity contribution in [1.29, 1.82) is 5.26 Å². The third-order valence-corrected chi connectivity index (χ3v) is 3.44. The quantitative estimate of drug-likeness (QED) is 0.833. The lowest BCUT2D eigenvalue weighted by atomic mass is 9.82. The van der Waals surface area contributed by atoms with Gasteiger partial charge in [0.1, 0.15) is 6.07 Å². The van der Waals surface area contributed by atoms with Crippen molar-refractivity contribution < 1.29 is 4.79 Å². The third kappa shape index (κ3) is 2.52. The SMILES string of the molecule is CC1(C(=O)Nc2ccccc2C#N)CCCNC1. The van der Waals surface area contributed by atoms with Crippen LogP contribution >= 0.6 is 0 Å². The molecule has 0 aliphatic carbocycles. The number of carbonyl (C=O) groups is 1. The van der Waals surface area contributed by atoms with Crippen LogP contribution < -0.4 is 10.6 Å². The van der Waals surface area contributed by atoms with Gasteiger partial charge in [0.05, 0.1) is 16.7 Å². The Morgan fingerprint density at radius 2 is 2.28 bits per heavy atom. The summed E-state index contributed by atoms with van der Waals surface area (Å²) in [4.78, 5) is 12.3. The Morgan fingerprint density at radius 1 is 1.50 bits per heavy atom. The van der Waals surface area contributed by atoms with Gasteiger partial charge in [0.25, 0.3) is 0 Å². The number of nitrogens with zero attached hydrogens (tertiary/aromatic N) is 1. The van der Waals surface area contributed by atoms with Crippen molar-refractivity contribution >= 4 is 11.6 Å². The van der Waals surface area contributed by atoms with Crippen LogP contribution in [-0.4, -0.2) is 19.0 Å². The number of amides is 1. The van der Waals surface area contributed by atoms with Gasteiger partial charge >= 0.3 is 0 Å². The molecule has 94 valence electrons. The zero-order valence-corrected chi connectivity index (χ0v) is 10.5. The minimum absolute atomic E-state index is 0.0163. The van der Waals surface area contributed by atoms with E-state index in [-0.39, 0.29) is 11.3 Å². The minimum atomic E-state index is -0.388. The van der Waals surface area contributed by atoms with Crippen LogP contribution in [0, 0.1) is 16.7 Å². The molecule has 1 saturated heterocycles. The fourth-order valence-electron chi connectivity index (χ4n) is 2.21. The molecule has 2 rings (SSSR count). The second kappa shape index (κ2) is 5.19. The van der Waals surface area contributed by atoms with E-state index in [4.69, 9.17) is 5.26 Å². The summed E-state index contributed by atoms with van der Waals surface area (Å²) >= 11 is 0. The van der Waals surface area contributed by atoms with Crippen LogP contribution in [0.3, 0.4) is 0 Å². The molecule has 2 N–H and O–H groups in total. The first kappa shape index (κ1) is 12.6. The van der Waals surface area contributed by atoms with E-state index in [1.807, 2.05) is 13.0 Å². The molecule has 1 heterocycles. The zero-order valence-electron chi connectivity index (χ0n) is 10.5. The first-order chi connectivity index (χ1) is 8.65. The number of anilines is 1. The van der Waals surface area contributed by atoms with Crippen LogP contribution in [-0.2, 0) is 4.79 Å². The molecular weight excluding hydrogens is 226 g/mol. The predicted octanol–water partition coefficient (Wildman–Crippen LogP) is 1.89. The molecule has 1 amide bonds. The summed E-state index contributed by atoms with van der Waals surface area (Å²) in [7, 11) is 0. The van der Waals surface area contributed by atoms with Crippen LogP contribution in [0.4, 0.5) is 5.69 Å². The Labute approximate surface area is 107 Å². The van der Waals surface area contributed by atoms with Crippen molar-refractivity contribution in [3.8, 4) is 6.07 Å². The molecule has 1 atom stereocenters. The van der Waals surface area contributed by atoms with Gasteiger partial charge < -0.3 is 10.6 Å². The topological polar surface area (TPSA) is 64.9 Å². The monoisotopic (exact) mass is 243 g/mol. The fourth-order valence-corrected chi connectivity index (χ4v) is 2.21. The summed E-state index contributed by atoms with van der Waals surface area (Å²) in [6, 6.07) is 9.16. The largest absolute Gasteiger partial charge is 0.324 e. The number of hydrogen-bond donors (Lipinski definition) is 2. The van der Waals surface area contributed by atoms with E-state index in [2.05, 4.69) is 16.7 Å². The molecule has 1 aromatic carbocycles. The first-order valence-corrected chi connectivity index (χ1v) is 6.17. The second-order valence-corrected chi connectivity index (χ2v) is 4.95. The summed E-state index contributed by atoms with van der Waals surface area (Å²) in [5, 5.41) is 15.1. The van der Waals surface area contributed by atoms with E-state index in [1.54, 1.807) is 18.2 Å². The first-order valence-electron chi connectivity index (χ1n) is 6.17. The van der Waals surface area contributed by atoms with E-state index in [0.29, 0.717) is 17.8 Å². The maximum atomic E-state index is 12.3. The highest BCUT2D eigenvalue weighted by atomic mass is 16.2. The van der Waals surface area contributed by atoms with Crippen molar-refractivity contribution in [2.45, 2.75) is 19.8 Å². The number of nitrogens with one attached hydrogen (secondary N) is 2. The average Bonchev–Trinajstić information content (AvgIpc) is 2.40. The molecule has 1 aromatic rings. The summed E-state index contributed by atoms with van der Waals surface area (Å²) < 4.78 is 0. The van der Waals surface area contributed by atoms with Crippen LogP contribution in [0.2, 0.25) is 0 Å². The molecule has 4 heteroatoms. The van der Waals surface area contributed by atoms with E-state index >= 15 is 0 Å². The number of carbonyl (C=O) groups excluding carboxylic acids is 1. The average molecular weight is 243 g/mol. The van der Waals surface area contributed by atoms with Crippen molar-refractivity contribution in [3.63, 3.8) is 0 Å². The Morgan fingerprint density at radius 3 is 2.94 bits per heavy atom. The zero-order chi connectivity index (χ0) is 13.0. The van der Waals surface area contributed by atoms with Gasteiger partial charge in [0, 0.05) is 6.54 Å². The van der Waals surface area contributed by atoms with Gasteiger partial charge in [-0.05, 0) is 38.4 Å². The Balaban J connectivity index is 2.14. The molecule has 0 spiro atoms. The van der Waals surface area contributed by atoms with Crippen LogP contribution in [0.25, 0.3) is 0 Å². The smallest absolute Gasteiger partial charge is 0.231 e. The Kier molecular flexibility index (Phi) is 3.63. The number of piperidine rings is 1. The standard InChI is InChI=1S/C14H17N3O/c1-14(7-4-8-16-10-14)13(18)17-12-6-3-2-5-11(12)9-15/h2-3,5-6,16H,4,7-8,10H2,1H3,(H,17,18). The van der Waals surface area contributed by atoms with Crippen molar-refractivity contribution in [1.82, 2.24) is 5.32 Å². The Hall–Kier alpha value is -1.86. The lowest BCUT2D eigenvalue weighted by molar-refractivity contribution is -0.125. The normalized spacial score (nSPS) is 23.1. The van der Waals surface area contributed by atoms with Gasteiger partial charge in [-0.15, -0.1) is 0 Å². The maximum absolute atomic E-state index is 12.3. The summed E-state index contributed by atoms with van der Waals surface area (Å²) in [5.74, 6) is -0.0163. The number of nitriles is 1. The van der Waals surface area contributed by atoms with Gasteiger partial charge in [-0.25, -0.2) is 0 Å². The minimum Gasteiger partial charge on any atom is -0.324 e. The molecule has 1 aliphatic heterocycles. The van der Waals surface area contributed by atoms with Gasteiger partial charge in [0.2, 0.25) is 5.91 Å². The molecule has 0 radical (unpaired) electrons. The number of rotatable bonds is 2. The van der Waals surface area contributed by atoms with Crippen molar-refractivity contribution in [2.24, 2.45) is 5.41 Å². The molecule has 4 nitrogen and oxygen atoms in total. The van der Waals surface area contributed by atoms with Gasteiger partial charge in [-0.2, -0.15) is 5.26 Å². The number of hydrogen-bond acceptors (Lipinski definition) is 3. The summed E-state index contributed by atoms with van der Waals surface area (Å²) in [5.41, 5.74) is 0.705. The summed E-state index contributed by atoms with van der Waals surface area (Å²) in [6.07, 6.45) is 1.88. The molecule has 1 aliphatic rings. The lowest BCUT2D eigenvalue weighted by Gasteiger charge is -2.32. The third-order valence-electron chi connectivity index (χ3n) is 3.44. The molecule has 1 fully saturated rings. The van der Waals surface area contributed by atoms with Gasteiger partial charge in [-0.3, -0.25) is 4.79 Å². The van der Waals surface area contributed by atoms with E-state index in [0.717, 1.165) is 19.4 Å². The van der Waals surface area contributed by atoms with Gasteiger partial charge in [-0.1, -0.05) is 12.1 Å². The Bertz CT molecular complexity index is 484. The molecular formula is C14H17N3O. The molecule has 1 unspecified atom stereocenters. The van der Waals surface area contributed by atoms with Crippen LogP contribution in [0.5, 0.6) is 0 Å². The highest BCUT2D eigenvalue weighted by molar-refractivity contribution is 5.96. The van der Waals surface area contributed by atoms with Crippen molar-refractivity contribution in [2.75, 3.05) is 18.4 Å². The highest BCUT2D eigenvalue weighted by Crippen LogP contribution is 2.27.